The number of hydrogen-bond acceptors (Lipinski definition) is 5. The summed E-state index contributed by atoms with van der Waals surface area (Å²) in [6.07, 6.45) is -2.55. The van der Waals surface area contributed by atoms with E-state index in [0.29, 0.717) is 41.6 Å². The molecule has 2 saturated heterocycles. The van der Waals surface area contributed by atoms with Gasteiger partial charge in [-0.3, -0.25) is 4.79 Å². The predicted octanol–water partition coefficient (Wildman–Crippen LogP) is 4.72. The first-order valence-electron chi connectivity index (χ1n) is 10.6. The van der Waals surface area contributed by atoms with Crippen LogP contribution < -0.4 is 0 Å². The molecular weight excluding hydrogens is 423 g/mol. The van der Waals surface area contributed by atoms with Crippen LogP contribution in [0, 0.1) is 18.8 Å². The number of rotatable bonds is 3. The Morgan fingerprint density at radius 1 is 1.19 bits per heavy atom. The summed E-state index contributed by atoms with van der Waals surface area (Å²) in [6.45, 7) is 4.49. The second kappa shape index (κ2) is 7.88. The summed E-state index contributed by atoms with van der Waals surface area (Å²) >= 11 is 0. The molecule has 0 aliphatic carbocycles. The van der Waals surface area contributed by atoms with Gasteiger partial charge in [-0.15, -0.1) is 0 Å². The molecule has 0 bridgehead atoms. The highest BCUT2D eigenvalue weighted by Gasteiger charge is 2.35. The molecule has 2 atom stereocenters. The Labute approximate surface area is 182 Å². The summed E-state index contributed by atoms with van der Waals surface area (Å²) in [5.41, 5.74) is 0.728. The zero-order chi connectivity index (χ0) is 22.5. The third kappa shape index (κ3) is 3.74. The number of hydrogen-bond donors (Lipinski definition) is 0. The van der Waals surface area contributed by atoms with Gasteiger partial charge in [-0.25, -0.2) is 4.98 Å². The molecule has 0 spiro atoms. The first-order valence-corrected chi connectivity index (χ1v) is 10.6. The topological polar surface area (TPSA) is 68.5 Å². The van der Waals surface area contributed by atoms with Crippen molar-refractivity contribution in [1.29, 1.82) is 0 Å². The van der Waals surface area contributed by atoms with Crippen LogP contribution >= 0.6 is 0 Å². The molecule has 9 heteroatoms. The van der Waals surface area contributed by atoms with Crippen LogP contribution in [-0.2, 0) is 10.9 Å². The zero-order valence-electron chi connectivity index (χ0n) is 17.5. The van der Waals surface area contributed by atoms with E-state index in [9.17, 15) is 18.0 Å². The largest absolute Gasteiger partial charge is 0.416 e. The lowest BCUT2D eigenvalue weighted by Crippen LogP contribution is -2.30. The number of carbonyl (C=O) groups is 1. The van der Waals surface area contributed by atoms with Crippen molar-refractivity contribution < 1.29 is 27.2 Å². The fourth-order valence-corrected chi connectivity index (χ4v) is 4.72. The van der Waals surface area contributed by atoms with E-state index >= 15 is 0 Å². The highest BCUT2D eigenvalue weighted by molar-refractivity contribution is 6.07. The third-order valence-electron chi connectivity index (χ3n) is 6.48. The SMILES string of the molecule is Cc1noc2nc(-c3cccc(C(F)(F)F)c3)cc(C(=O)N3CCC(C4CCOC4)C3)c12. The number of ether oxygens (including phenoxy) is 1. The average Bonchev–Trinajstić information content (AvgIpc) is 3.53. The van der Waals surface area contributed by atoms with E-state index in [2.05, 4.69) is 10.1 Å². The van der Waals surface area contributed by atoms with Crippen LogP contribution in [0.3, 0.4) is 0 Å². The Morgan fingerprint density at radius 2 is 2.03 bits per heavy atom. The lowest BCUT2D eigenvalue weighted by atomic mass is 9.91. The van der Waals surface area contributed by atoms with Crippen LogP contribution in [-0.4, -0.2) is 47.3 Å². The molecule has 32 heavy (non-hydrogen) atoms. The number of pyridine rings is 1. The lowest BCUT2D eigenvalue weighted by Gasteiger charge is -2.20. The number of alkyl halides is 3. The van der Waals surface area contributed by atoms with Crippen LogP contribution in [0.2, 0.25) is 0 Å². The van der Waals surface area contributed by atoms with Crippen molar-refractivity contribution in [3.05, 3.63) is 47.2 Å². The third-order valence-corrected chi connectivity index (χ3v) is 6.48. The summed E-state index contributed by atoms with van der Waals surface area (Å²) in [6, 6.07) is 6.44. The van der Waals surface area contributed by atoms with E-state index in [0.717, 1.165) is 38.2 Å². The molecule has 1 amide bonds. The summed E-state index contributed by atoms with van der Waals surface area (Å²) in [5, 5.41) is 4.43. The number of aryl methyl sites for hydroxylation is 1. The standard InChI is InChI=1S/C23H22F3N3O3/c1-13-20-18(22(30)29-7-5-15(11-29)16-6-8-31-12-16)10-19(27-21(20)32-28-13)14-3-2-4-17(9-14)23(24,25)26/h2-4,9-10,15-16H,5-8,11-12H2,1H3. The fourth-order valence-electron chi connectivity index (χ4n) is 4.72. The fraction of sp³-hybridized carbons (Fsp3) is 0.435. The van der Waals surface area contributed by atoms with Gasteiger partial charge < -0.3 is 14.2 Å². The molecule has 2 aliphatic heterocycles. The molecule has 0 saturated carbocycles. The minimum Gasteiger partial charge on any atom is -0.381 e. The number of carbonyl (C=O) groups excluding carboxylic acids is 1. The zero-order valence-corrected chi connectivity index (χ0v) is 17.5. The molecule has 168 valence electrons. The van der Waals surface area contributed by atoms with Gasteiger partial charge in [0, 0.05) is 31.9 Å². The van der Waals surface area contributed by atoms with Crippen molar-refractivity contribution in [3.63, 3.8) is 0 Å². The molecule has 2 unspecified atom stereocenters. The Balaban J connectivity index is 1.52. The number of amides is 1. The number of aromatic nitrogens is 2. The van der Waals surface area contributed by atoms with E-state index < -0.39 is 11.7 Å². The number of likely N-dealkylation sites (tertiary alicyclic amines) is 1. The molecule has 3 aromatic rings. The number of benzene rings is 1. The van der Waals surface area contributed by atoms with Gasteiger partial charge >= 0.3 is 6.18 Å². The number of nitrogens with zero attached hydrogens (tertiary/aromatic N) is 3. The molecule has 2 fully saturated rings. The Morgan fingerprint density at radius 3 is 2.78 bits per heavy atom. The molecule has 6 nitrogen and oxygen atoms in total. The summed E-state index contributed by atoms with van der Waals surface area (Å²) in [7, 11) is 0. The van der Waals surface area contributed by atoms with E-state index in [4.69, 9.17) is 9.26 Å². The smallest absolute Gasteiger partial charge is 0.381 e. The highest BCUT2D eigenvalue weighted by atomic mass is 19.4. The maximum atomic E-state index is 13.5. The second-order valence-electron chi connectivity index (χ2n) is 8.51. The van der Waals surface area contributed by atoms with E-state index in [1.807, 2.05) is 0 Å². The van der Waals surface area contributed by atoms with Crippen molar-refractivity contribution in [2.24, 2.45) is 11.8 Å². The van der Waals surface area contributed by atoms with Gasteiger partial charge in [-0.1, -0.05) is 17.3 Å². The molecule has 1 aromatic carbocycles. The van der Waals surface area contributed by atoms with Crippen LogP contribution in [0.5, 0.6) is 0 Å². The summed E-state index contributed by atoms with van der Waals surface area (Å²) in [4.78, 5) is 19.7. The maximum Gasteiger partial charge on any atom is 0.416 e. The molecule has 0 radical (unpaired) electrons. The molecular formula is C23H22F3N3O3. The molecule has 5 rings (SSSR count). The maximum absolute atomic E-state index is 13.5. The number of halogens is 3. The molecule has 2 aromatic heterocycles. The molecule has 0 N–H and O–H groups in total. The Bertz CT molecular complexity index is 1170. The van der Waals surface area contributed by atoms with Crippen LogP contribution in [0.25, 0.3) is 22.4 Å². The minimum atomic E-state index is -4.48. The quantitative estimate of drug-likeness (QED) is 0.584. The summed E-state index contributed by atoms with van der Waals surface area (Å²) < 4.78 is 50.4. The van der Waals surface area contributed by atoms with Gasteiger partial charge in [-0.2, -0.15) is 13.2 Å². The average molecular weight is 445 g/mol. The monoisotopic (exact) mass is 445 g/mol. The highest BCUT2D eigenvalue weighted by Crippen LogP contribution is 2.35. The minimum absolute atomic E-state index is 0.140. The normalized spacial score (nSPS) is 21.6. The first-order chi connectivity index (χ1) is 15.3. The van der Waals surface area contributed by atoms with Crippen molar-refractivity contribution in [1.82, 2.24) is 15.0 Å². The van der Waals surface area contributed by atoms with Crippen molar-refractivity contribution in [2.45, 2.75) is 25.9 Å². The van der Waals surface area contributed by atoms with Gasteiger partial charge in [-0.05, 0) is 49.8 Å². The first kappa shape index (κ1) is 20.9. The predicted molar refractivity (Wildman–Crippen MR) is 110 cm³/mol. The van der Waals surface area contributed by atoms with Crippen molar-refractivity contribution in [3.8, 4) is 11.3 Å². The van der Waals surface area contributed by atoms with Crippen LogP contribution in [0.15, 0.2) is 34.9 Å². The van der Waals surface area contributed by atoms with Gasteiger partial charge in [0.05, 0.1) is 27.9 Å². The van der Waals surface area contributed by atoms with Crippen LogP contribution in [0.4, 0.5) is 13.2 Å². The van der Waals surface area contributed by atoms with Gasteiger partial charge in [0.25, 0.3) is 11.6 Å². The molecule has 2 aliphatic rings. The Kier molecular flexibility index (Phi) is 5.16. The van der Waals surface area contributed by atoms with E-state index in [-0.39, 0.29) is 22.9 Å². The van der Waals surface area contributed by atoms with E-state index in [1.54, 1.807) is 17.9 Å². The Hall–Kier alpha value is -2.94. The van der Waals surface area contributed by atoms with Gasteiger partial charge in [0.2, 0.25) is 0 Å². The lowest BCUT2D eigenvalue weighted by molar-refractivity contribution is -0.137. The van der Waals surface area contributed by atoms with Crippen LogP contribution in [0.1, 0.15) is 34.5 Å². The van der Waals surface area contributed by atoms with Crippen molar-refractivity contribution >= 4 is 17.0 Å². The van der Waals surface area contributed by atoms with Gasteiger partial charge in [0.1, 0.15) is 0 Å². The second-order valence-corrected chi connectivity index (χ2v) is 8.51. The van der Waals surface area contributed by atoms with Gasteiger partial charge in [0.15, 0.2) is 0 Å². The van der Waals surface area contributed by atoms with E-state index in [1.165, 1.54) is 12.1 Å². The summed E-state index contributed by atoms with van der Waals surface area (Å²) in [5.74, 6) is 0.673. The number of fused-ring (bicyclic) bond motifs is 1. The molecule has 4 heterocycles. The van der Waals surface area contributed by atoms with Crippen molar-refractivity contribution in [2.75, 3.05) is 26.3 Å².